The van der Waals surface area contributed by atoms with Gasteiger partial charge in [-0.25, -0.2) is 4.57 Å². The molecule has 5 nitrogen and oxygen atoms in total. The van der Waals surface area contributed by atoms with Gasteiger partial charge in [0.2, 0.25) is 11.8 Å². The molecule has 3 aromatic rings. The van der Waals surface area contributed by atoms with E-state index in [-0.39, 0.29) is 23.1 Å². The van der Waals surface area contributed by atoms with E-state index in [1.807, 2.05) is 37.3 Å². The molecule has 0 bridgehead atoms. The molecular weight excluding hydrogens is 324 g/mol. The van der Waals surface area contributed by atoms with Crippen molar-refractivity contribution in [3.05, 3.63) is 74.7 Å². The summed E-state index contributed by atoms with van der Waals surface area (Å²) >= 11 is 0.875. The monoisotopic (exact) mass is 340 g/mol. The molecule has 0 radical (unpaired) electrons. The smallest absolute Gasteiger partial charge is 0.314 e. The zero-order valence-corrected chi connectivity index (χ0v) is 13.8. The summed E-state index contributed by atoms with van der Waals surface area (Å²) in [6.07, 6.45) is -0.0556. The molecule has 0 atom stereocenters. The Bertz CT molecular complexity index is 929. The van der Waals surface area contributed by atoms with Gasteiger partial charge in [0.1, 0.15) is 0 Å². The van der Waals surface area contributed by atoms with E-state index in [9.17, 15) is 14.7 Å². The minimum atomic E-state index is -0.322. The van der Waals surface area contributed by atoms with Gasteiger partial charge in [-0.1, -0.05) is 47.7 Å². The average Bonchev–Trinajstić information content (AvgIpc) is 2.84. The lowest BCUT2D eigenvalue weighted by molar-refractivity contribution is -0.115. The summed E-state index contributed by atoms with van der Waals surface area (Å²) in [5.74, 6) is -0.461. The van der Waals surface area contributed by atoms with Crippen LogP contribution in [0.2, 0.25) is 0 Å². The van der Waals surface area contributed by atoms with Gasteiger partial charge < -0.3 is 10.4 Å². The molecule has 24 heavy (non-hydrogen) atoms. The first-order valence-electron chi connectivity index (χ1n) is 7.41. The van der Waals surface area contributed by atoms with Gasteiger partial charge in [-0.15, -0.1) is 0 Å². The maximum Gasteiger partial charge on any atom is 0.314 e. The topological polar surface area (TPSA) is 71.3 Å². The van der Waals surface area contributed by atoms with Crippen LogP contribution in [-0.4, -0.2) is 15.6 Å². The Morgan fingerprint density at radius 3 is 2.50 bits per heavy atom. The molecule has 0 unspecified atom stereocenters. The summed E-state index contributed by atoms with van der Waals surface area (Å²) in [7, 11) is 0. The van der Waals surface area contributed by atoms with Crippen LogP contribution in [0.4, 0.5) is 5.69 Å². The number of carbonyl (C=O) groups excluding carboxylic acids is 1. The Balaban J connectivity index is 1.83. The van der Waals surface area contributed by atoms with Crippen LogP contribution in [0.5, 0.6) is 5.88 Å². The summed E-state index contributed by atoms with van der Waals surface area (Å²) in [5, 5.41) is 13.1. The Morgan fingerprint density at radius 1 is 1.12 bits per heavy atom. The van der Waals surface area contributed by atoms with Crippen LogP contribution in [0.1, 0.15) is 10.4 Å². The van der Waals surface area contributed by atoms with Crippen molar-refractivity contribution in [2.75, 3.05) is 5.32 Å². The predicted molar refractivity (Wildman–Crippen MR) is 95.1 cm³/mol. The highest BCUT2D eigenvalue weighted by molar-refractivity contribution is 7.09. The van der Waals surface area contributed by atoms with Crippen LogP contribution >= 0.6 is 11.3 Å². The molecule has 2 aromatic carbocycles. The van der Waals surface area contributed by atoms with Crippen LogP contribution in [0, 0.1) is 6.92 Å². The maximum atomic E-state index is 12.2. The maximum absolute atomic E-state index is 12.2. The van der Waals surface area contributed by atoms with Crippen molar-refractivity contribution >= 4 is 22.9 Å². The zero-order valence-electron chi connectivity index (χ0n) is 13.0. The number of rotatable bonds is 4. The van der Waals surface area contributed by atoms with Crippen molar-refractivity contribution in [3.8, 4) is 11.6 Å². The number of benzene rings is 2. The average molecular weight is 340 g/mol. The lowest BCUT2D eigenvalue weighted by Crippen LogP contribution is -2.14. The zero-order chi connectivity index (χ0) is 17.1. The van der Waals surface area contributed by atoms with Gasteiger partial charge in [0.15, 0.2) is 0 Å². The number of nitrogens with one attached hydrogen (secondary N) is 1. The van der Waals surface area contributed by atoms with Crippen LogP contribution in [0.15, 0.2) is 59.4 Å². The van der Waals surface area contributed by atoms with Crippen molar-refractivity contribution in [3.63, 3.8) is 0 Å². The molecule has 122 valence electrons. The van der Waals surface area contributed by atoms with E-state index in [0.29, 0.717) is 10.6 Å². The number of para-hydroxylation sites is 2. The van der Waals surface area contributed by atoms with E-state index in [1.54, 1.807) is 24.3 Å². The van der Waals surface area contributed by atoms with Gasteiger partial charge in [-0.05, 0) is 30.7 Å². The third-order valence-electron chi connectivity index (χ3n) is 3.61. The third-order valence-corrected chi connectivity index (χ3v) is 4.54. The molecular formula is C18H16N2O3S. The van der Waals surface area contributed by atoms with E-state index in [2.05, 4.69) is 5.32 Å². The third kappa shape index (κ3) is 3.23. The van der Waals surface area contributed by atoms with Crippen molar-refractivity contribution in [1.82, 2.24) is 4.57 Å². The van der Waals surface area contributed by atoms with E-state index >= 15 is 0 Å². The molecule has 0 aliphatic rings. The molecule has 0 fully saturated rings. The molecule has 0 saturated heterocycles. The summed E-state index contributed by atoms with van der Waals surface area (Å²) in [6, 6.07) is 16.3. The quantitative estimate of drug-likeness (QED) is 0.767. The van der Waals surface area contributed by atoms with E-state index in [0.717, 1.165) is 22.6 Å². The van der Waals surface area contributed by atoms with Gasteiger partial charge in [-0.2, -0.15) is 0 Å². The molecule has 1 heterocycles. The number of hydrogen-bond donors (Lipinski definition) is 2. The minimum absolute atomic E-state index is 0.0556. The number of aromatic hydroxyl groups is 1. The number of aromatic nitrogens is 1. The summed E-state index contributed by atoms with van der Waals surface area (Å²) in [4.78, 5) is 24.4. The fourth-order valence-electron chi connectivity index (χ4n) is 2.38. The number of amides is 1. The first-order valence-corrected chi connectivity index (χ1v) is 8.22. The number of nitrogens with zero attached hydrogens (tertiary/aromatic N) is 1. The second kappa shape index (κ2) is 6.72. The number of aryl methyl sites for hydroxylation is 1. The fourth-order valence-corrected chi connectivity index (χ4v) is 3.26. The Hall–Kier alpha value is -2.86. The van der Waals surface area contributed by atoms with Crippen LogP contribution in [-0.2, 0) is 11.2 Å². The molecule has 6 heteroatoms. The first kappa shape index (κ1) is 16.0. The lowest BCUT2D eigenvalue weighted by atomic mass is 10.2. The van der Waals surface area contributed by atoms with Crippen molar-refractivity contribution in [2.45, 2.75) is 13.3 Å². The minimum Gasteiger partial charge on any atom is -0.493 e. The first-order chi connectivity index (χ1) is 11.6. The number of hydrogen-bond acceptors (Lipinski definition) is 4. The van der Waals surface area contributed by atoms with Gasteiger partial charge in [0.25, 0.3) is 0 Å². The largest absolute Gasteiger partial charge is 0.493 e. The molecule has 0 saturated carbocycles. The molecule has 1 amide bonds. The van der Waals surface area contributed by atoms with Crippen molar-refractivity contribution < 1.29 is 9.90 Å². The molecule has 0 spiro atoms. The van der Waals surface area contributed by atoms with Gasteiger partial charge in [-0.3, -0.25) is 9.59 Å². The Morgan fingerprint density at radius 2 is 1.79 bits per heavy atom. The summed E-state index contributed by atoms with van der Waals surface area (Å²) in [6.45, 7) is 1.90. The molecule has 0 aliphatic carbocycles. The molecule has 3 rings (SSSR count). The second-order valence-corrected chi connectivity index (χ2v) is 6.37. The van der Waals surface area contributed by atoms with E-state index < -0.39 is 0 Å². The van der Waals surface area contributed by atoms with E-state index in [4.69, 9.17) is 0 Å². The van der Waals surface area contributed by atoms with Crippen LogP contribution in [0.25, 0.3) is 5.69 Å². The Kier molecular flexibility index (Phi) is 4.48. The predicted octanol–water partition coefficient (Wildman–Crippen LogP) is 3.09. The standard InChI is InChI=1S/C18H16N2O3S/c1-12-7-5-6-10-14(12)19-16(21)11-15-17(22)20(18(23)24-15)13-8-3-2-4-9-13/h2-10,22H,11H2,1H3,(H,19,21). The molecule has 1 aromatic heterocycles. The van der Waals surface area contributed by atoms with E-state index in [1.165, 1.54) is 4.57 Å². The van der Waals surface area contributed by atoms with Crippen molar-refractivity contribution in [2.24, 2.45) is 0 Å². The highest BCUT2D eigenvalue weighted by atomic mass is 32.1. The van der Waals surface area contributed by atoms with Crippen molar-refractivity contribution in [1.29, 1.82) is 0 Å². The lowest BCUT2D eigenvalue weighted by Gasteiger charge is -2.07. The fraction of sp³-hybridized carbons (Fsp3) is 0.111. The van der Waals surface area contributed by atoms with Gasteiger partial charge in [0, 0.05) is 5.69 Å². The van der Waals surface area contributed by atoms with Crippen LogP contribution in [0.3, 0.4) is 0 Å². The highest BCUT2D eigenvalue weighted by Crippen LogP contribution is 2.24. The van der Waals surface area contributed by atoms with Crippen LogP contribution < -0.4 is 10.2 Å². The SMILES string of the molecule is Cc1ccccc1NC(=O)Cc1sc(=O)n(-c2ccccc2)c1O. The summed E-state index contributed by atoms with van der Waals surface area (Å²) < 4.78 is 1.21. The number of anilines is 1. The van der Waals surface area contributed by atoms with Gasteiger partial charge in [0.05, 0.1) is 17.0 Å². The normalized spacial score (nSPS) is 10.5. The highest BCUT2D eigenvalue weighted by Gasteiger charge is 2.18. The number of thiazole rings is 1. The Labute approximate surface area is 142 Å². The second-order valence-electron chi connectivity index (χ2n) is 5.33. The molecule has 2 N–H and O–H groups in total. The number of carbonyl (C=O) groups is 1. The van der Waals surface area contributed by atoms with Gasteiger partial charge >= 0.3 is 4.87 Å². The summed E-state index contributed by atoms with van der Waals surface area (Å²) in [5.41, 5.74) is 2.24. The molecule has 0 aliphatic heterocycles.